The third-order valence-corrected chi connectivity index (χ3v) is 4.95. The van der Waals surface area contributed by atoms with Crippen molar-refractivity contribution in [1.29, 1.82) is 0 Å². The minimum Gasteiger partial charge on any atom is -0.478 e. The number of imidazole rings is 1. The van der Waals surface area contributed by atoms with Gasteiger partial charge in [0, 0.05) is 35.6 Å². The zero-order valence-corrected chi connectivity index (χ0v) is 13.3. The molecule has 0 radical (unpaired) electrons. The van der Waals surface area contributed by atoms with Crippen molar-refractivity contribution in [2.75, 3.05) is 0 Å². The first-order chi connectivity index (χ1) is 12.2. The quantitative estimate of drug-likeness (QED) is 0.624. The third kappa shape index (κ3) is 2.11. The van der Waals surface area contributed by atoms with Gasteiger partial charge in [0.05, 0.1) is 16.8 Å². The van der Waals surface area contributed by atoms with Gasteiger partial charge in [-0.3, -0.25) is 9.38 Å². The molecule has 0 unspecified atom stereocenters. The fraction of sp³-hybridized carbons (Fsp3) is 0.158. The molecule has 1 fully saturated rings. The molecule has 3 heterocycles. The normalized spacial score (nSPS) is 15.5. The number of pyridine rings is 1. The van der Waals surface area contributed by atoms with Crippen LogP contribution in [0.3, 0.4) is 0 Å². The van der Waals surface area contributed by atoms with Crippen LogP contribution in [0.5, 0.6) is 0 Å². The Hall–Kier alpha value is -3.28. The molecule has 1 saturated carbocycles. The maximum Gasteiger partial charge on any atom is 0.338 e. The Morgan fingerprint density at radius 2 is 2.04 bits per heavy atom. The molecule has 0 spiro atoms. The van der Waals surface area contributed by atoms with Crippen LogP contribution in [-0.4, -0.2) is 30.4 Å². The van der Waals surface area contributed by atoms with Crippen molar-refractivity contribution in [1.82, 2.24) is 19.4 Å². The largest absolute Gasteiger partial charge is 0.478 e. The van der Waals surface area contributed by atoms with Gasteiger partial charge >= 0.3 is 5.97 Å². The number of rotatable bonds is 3. The van der Waals surface area contributed by atoms with Gasteiger partial charge in [0.15, 0.2) is 0 Å². The van der Waals surface area contributed by atoms with E-state index < -0.39 is 5.97 Å². The van der Waals surface area contributed by atoms with Gasteiger partial charge in [-0.25, -0.2) is 14.8 Å². The summed E-state index contributed by atoms with van der Waals surface area (Å²) in [5.41, 5.74) is 3.17. The number of carboxylic acid groups (broad SMARTS) is 1. The van der Waals surface area contributed by atoms with Gasteiger partial charge in [-0.2, -0.15) is 0 Å². The highest BCUT2D eigenvalue weighted by Gasteiger charge is 2.48. The Bertz CT molecular complexity index is 1140. The Labute approximate surface area is 142 Å². The van der Waals surface area contributed by atoms with Gasteiger partial charge in [-0.05, 0) is 36.6 Å². The molecule has 1 aliphatic rings. The molecule has 25 heavy (non-hydrogen) atoms. The minimum atomic E-state index is -0.993. The topological polar surface area (TPSA) is 80.4 Å². The second kappa shape index (κ2) is 4.86. The fourth-order valence-electron chi connectivity index (χ4n) is 3.42. The van der Waals surface area contributed by atoms with Crippen molar-refractivity contribution in [2.24, 2.45) is 0 Å². The lowest BCUT2D eigenvalue weighted by atomic mass is 9.92. The van der Waals surface area contributed by atoms with Gasteiger partial charge in [0.25, 0.3) is 0 Å². The van der Waals surface area contributed by atoms with Crippen molar-refractivity contribution in [3.05, 3.63) is 71.9 Å². The van der Waals surface area contributed by atoms with Crippen LogP contribution >= 0.6 is 0 Å². The summed E-state index contributed by atoms with van der Waals surface area (Å²) >= 11 is 0. The second-order valence-electron chi connectivity index (χ2n) is 6.47. The summed E-state index contributed by atoms with van der Waals surface area (Å²) in [5.74, 6) is -0.471. The number of aromatic carboxylic acids is 1. The Morgan fingerprint density at radius 1 is 1.16 bits per heavy atom. The second-order valence-corrected chi connectivity index (χ2v) is 6.47. The smallest absolute Gasteiger partial charge is 0.338 e. The van der Waals surface area contributed by atoms with E-state index >= 15 is 0 Å². The number of fused-ring (bicyclic) bond motifs is 2. The average molecular weight is 330 g/mol. The Morgan fingerprint density at radius 3 is 2.84 bits per heavy atom. The first-order valence-electron chi connectivity index (χ1n) is 8.10. The molecular formula is C19H14N4O2. The predicted molar refractivity (Wildman–Crippen MR) is 91.7 cm³/mol. The molecule has 3 aromatic heterocycles. The van der Waals surface area contributed by atoms with E-state index in [0.717, 1.165) is 29.4 Å². The van der Waals surface area contributed by atoms with E-state index in [9.17, 15) is 4.79 Å². The van der Waals surface area contributed by atoms with Crippen molar-refractivity contribution in [3.8, 4) is 0 Å². The highest BCUT2D eigenvalue weighted by Crippen LogP contribution is 2.53. The molecule has 0 aliphatic heterocycles. The molecule has 4 aromatic rings. The number of hydrogen-bond acceptors (Lipinski definition) is 4. The number of hydrogen-bond donors (Lipinski definition) is 1. The molecule has 0 atom stereocenters. The summed E-state index contributed by atoms with van der Waals surface area (Å²) in [7, 11) is 0. The maximum absolute atomic E-state index is 11.1. The van der Waals surface area contributed by atoms with E-state index in [0.29, 0.717) is 5.78 Å². The lowest BCUT2D eigenvalue weighted by Crippen LogP contribution is -2.09. The molecule has 5 rings (SSSR count). The molecule has 0 amide bonds. The van der Waals surface area contributed by atoms with E-state index in [1.165, 1.54) is 11.8 Å². The Balaban J connectivity index is 1.63. The lowest BCUT2D eigenvalue weighted by Gasteiger charge is -2.13. The highest BCUT2D eigenvalue weighted by molar-refractivity contribution is 5.87. The summed E-state index contributed by atoms with van der Waals surface area (Å²) in [6, 6.07) is 10.3. The van der Waals surface area contributed by atoms with E-state index in [1.54, 1.807) is 16.8 Å². The van der Waals surface area contributed by atoms with Crippen molar-refractivity contribution in [3.63, 3.8) is 0 Å². The molecule has 0 saturated heterocycles. The van der Waals surface area contributed by atoms with Crippen molar-refractivity contribution < 1.29 is 9.90 Å². The molecule has 6 heteroatoms. The molecule has 1 aromatic carbocycles. The molecule has 1 N–H and O–H groups in total. The fourth-order valence-corrected chi connectivity index (χ4v) is 3.42. The van der Waals surface area contributed by atoms with Gasteiger partial charge in [-0.1, -0.05) is 12.1 Å². The molecule has 1 aliphatic carbocycles. The molecular weight excluding hydrogens is 316 g/mol. The monoisotopic (exact) mass is 330 g/mol. The highest BCUT2D eigenvalue weighted by atomic mass is 16.4. The van der Waals surface area contributed by atoms with E-state index in [4.69, 9.17) is 5.11 Å². The van der Waals surface area contributed by atoms with Gasteiger partial charge in [0.2, 0.25) is 5.78 Å². The van der Waals surface area contributed by atoms with Crippen molar-refractivity contribution in [2.45, 2.75) is 18.3 Å². The molecule has 122 valence electrons. The predicted octanol–water partition coefficient (Wildman–Crippen LogP) is 3.06. The number of nitrogens with zero attached hydrogens (tertiary/aromatic N) is 4. The zero-order valence-electron chi connectivity index (χ0n) is 13.3. The average Bonchev–Trinajstić information content (AvgIpc) is 3.33. The number of benzene rings is 1. The first-order valence-corrected chi connectivity index (χ1v) is 8.10. The van der Waals surface area contributed by atoms with Gasteiger partial charge in [-0.15, -0.1) is 0 Å². The molecule has 6 nitrogen and oxygen atoms in total. The van der Waals surface area contributed by atoms with Crippen LogP contribution in [0.15, 0.2) is 55.1 Å². The third-order valence-electron chi connectivity index (χ3n) is 4.95. The maximum atomic E-state index is 11.1. The number of carbonyl (C=O) groups is 1. The van der Waals surface area contributed by atoms with Crippen LogP contribution in [-0.2, 0) is 5.41 Å². The van der Waals surface area contributed by atoms with E-state index in [1.807, 2.05) is 18.3 Å². The van der Waals surface area contributed by atoms with Crippen LogP contribution in [0.2, 0.25) is 0 Å². The van der Waals surface area contributed by atoms with E-state index in [2.05, 4.69) is 33.2 Å². The number of carboxylic acids is 1. The summed E-state index contributed by atoms with van der Waals surface area (Å²) < 4.78 is 1.70. The lowest BCUT2D eigenvalue weighted by molar-refractivity contribution is 0.0696. The van der Waals surface area contributed by atoms with Gasteiger partial charge in [0.1, 0.15) is 0 Å². The Kier molecular flexibility index (Phi) is 2.74. The van der Waals surface area contributed by atoms with Crippen LogP contribution < -0.4 is 0 Å². The summed E-state index contributed by atoms with van der Waals surface area (Å²) in [6.07, 6.45) is 8.64. The summed E-state index contributed by atoms with van der Waals surface area (Å²) in [6.45, 7) is 0. The SMILES string of the molecule is O=C(O)c1cnc2nc(C3(c4ccc5ncccc5c4)CC3)cn2c1. The minimum absolute atomic E-state index is 0.110. The number of aromatic nitrogens is 4. The molecule has 0 bridgehead atoms. The standard InChI is InChI=1S/C19H14N4O2/c24-17(25)13-9-21-18-22-16(11-23(18)10-13)19(5-6-19)14-3-4-15-12(8-14)2-1-7-20-15/h1-4,7-11H,5-6H2,(H,24,25). The van der Waals surface area contributed by atoms with Crippen LogP contribution in [0.1, 0.15) is 34.5 Å². The van der Waals surface area contributed by atoms with Crippen molar-refractivity contribution >= 4 is 22.6 Å². The summed E-state index contributed by atoms with van der Waals surface area (Å²) in [5, 5.41) is 10.2. The first kappa shape index (κ1) is 14.1. The van der Waals surface area contributed by atoms with Crippen LogP contribution in [0.25, 0.3) is 16.7 Å². The van der Waals surface area contributed by atoms with Gasteiger partial charge < -0.3 is 5.11 Å². The van der Waals surface area contributed by atoms with Crippen LogP contribution in [0, 0.1) is 0 Å². The zero-order chi connectivity index (χ0) is 17.0. The van der Waals surface area contributed by atoms with Crippen LogP contribution in [0.4, 0.5) is 0 Å². The van der Waals surface area contributed by atoms with E-state index in [-0.39, 0.29) is 11.0 Å². The summed E-state index contributed by atoms with van der Waals surface area (Å²) in [4.78, 5) is 24.3.